The van der Waals surface area contributed by atoms with Gasteiger partial charge in [-0.15, -0.1) is 0 Å². The minimum absolute atomic E-state index is 0.499. The minimum Gasteiger partial charge on any atom is -0.468 e. The molecule has 1 aromatic rings. The second kappa shape index (κ2) is 9.26. The van der Waals surface area contributed by atoms with Gasteiger partial charge in [-0.1, -0.05) is 41.5 Å². The molecule has 3 nitrogen and oxygen atoms in total. The van der Waals surface area contributed by atoms with E-state index in [-0.39, 0.29) is 0 Å². The van der Waals surface area contributed by atoms with E-state index in [1.807, 2.05) is 6.26 Å². The van der Waals surface area contributed by atoms with E-state index in [2.05, 4.69) is 57.8 Å². The van der Waals surface area contributed by atoms with E-state index < -0.39 is 0 Å². The molecular formula is C18H34N2O. The van der Waals surface area contributed by atoms with Crippen LogP contribution in [0.25, 0.3) is 0 Å². The summed E-state index contributed by atoms with van der Waals surface area (Å²) >= 11 is 0. The lowest BCUT2D eigenvalue weighted by molar-refractivity contribution is 0.145. The second-order valence-electron chi connectivity index (χ2n) is 6.70. The van der Waals surface area contributed by atoms with E-state index in [1.165, 1.54) is 18.4 Å². The molecule has 0 aliphatic heterocycles. The van der Waals surface area contributed by atoms with Gasteiger partial charge in [-0.2, -0.15) is 0 Å². The molecule has 0 atom stereocenters. The first-order valence-corrected chi connectivity index (χ1v) is 8.50. The monoisotopic (exact) mass is 294 g/mol. The van der Waals surface area contributed by atoms with Gasteiger partial charge in [0.15, 0.2) is 0 Å². The maximum Gasteiger partial charge on any atom is 0.122 e. The lowest BCUT2D eigenvalue weighted by Gasteiger charge is -2.31. The average Bonchev–Trinajstić information content (AvgIpc) is 2.84. The van der Waals surface area contributed by atoms with Crippen LogP contribution in [0.5, 0.6) is 0 Å². The van der Waals surface area contributed by atoms with E-state index in [1.54, 1.807) is 0 Å². The van der Waals surface area contributed by atoms with Crippen molar-refractivity contribution in [2.75, 3.05) is 6.54 Å². The zero-order valence-electron chi connectivity index (χ0n) is 14.8. The Hall–Kier alpha value is -0.800. The third-order valence-corrected chi connectivity index (χ3v) is 3.94. The highest BCUT2D eigenvalue weighted by molar-refractivity contribution is 5.17. The number of furan rings is 1. The molecule has 1 heterocycles. The molecular weight excluding hydrogens is 260 g/mol. The van der Waals surface area contributed by atoms with Gasteiger partial charge in [0.05, 0.1) is 12.8 Å². The van der Waals surface area contributed by atoms with Crippen LogP contribution >= 0.6 is 0 Å². The average molecular weight is 294 g/mol. The van der Waals surface area contributed by atoms with Crippen molar-refractivity contribution in [2.24, 2.45) is 5.92 Å². The van der Waals surface area contributed by atoms with Crippen LogP contribution < -0.4 is 5.32 Å². The summed E-state index contributed by atoms with van der Waals surface area (Å²) in [7, 11) is 0. The summed E-state index contributed by atoms with van der Waals surface area (Å²) in [6.07, 6.45) is 4.22. The zero-order chi connectivity index (χ0) is 15.8. The van der Waals surface area contributed by atoms with Crippen LogP contribution in [0.4, 0.5) is 0 Å². The summed E-state index contributed by atoms with van der Waals surface area (Å²) < 4.78 is 5.77. The molecule has 21 heavy (non-hydrogen) atoms. The van der Waals surface area contributed by atoms with Gasteiger partial charge in [0.25, 0.3) is 0 Å². The van der Waals surface area contributed by atoms with E-state index in [0.717, 1.165) is 25.4 Å². The van der Waals surface area contributed by atoms with Crippen molar-refractivity contribution < 1.29 is 4.42 Å². The van der Waals surface area contributed by atoms with Gasteiger partial charge in [-0.25, -0.2) is 0 Å². The summed E-state index contributed by atoms with van der Waals surface area (Å²) in [6, 6.07) is 3.24. The van der Waals surface area contributed by atoms with Crippen molar-refractivity contribution in [3.8, 4) is 0 Å². The Morgan fingerprint density at radius 2 is 1.81 bits per heavy atom. The minimum atomic E-state index is 0.499. The van der Waals surface area contributed by atoms with E-state index in [0.29, 0.717) is 18.0 Å². The molecule has 1 aromatic heterocycles. The summed E-state index contributed by atoms with van der Waals surface area (Å²) in [5, 5.41) is 3.48. The fourth-order valence-corrected chi connectivity index (χ4v) is 2.78. The Bertz CT molecular complexity index is 380. The number of nitrogens with zero attached hydrogens (tertiary/aromatic N) is 1. The standard InChI is InChI=1S/C18H34N2O/c1-7-17(8-2)20(12-14(3)4)13-18-16(9-10-21-18)11-19-15(5)6/h9-10,14-15,17,19H,7-8,11-13H2,1-6H3. The Labute approximate surface area is 131 Å². The fourth-order valence-electron chi connectivity index (χ4n) is 2.78. The second-order valence-corrected chi connectivity index (χ2v) is 6.70. The topological polar surface area (TPSA) is 28.4 Å². The Kier molecular flexibility index (Phi) is 8.05. The highest BCUT2D eigenvalue weighted by atomic mass is 16.3. The van der Waals surface area contributed by atoms with Crippen LogP contribution in [0.1, 0.15) is 65.7 Å². The molecule has 122 valence electrons. The molecule has 0 saturated carbocycles. The van der Waals surface area contributed by atoms with Crippen molar-refractivity contribution in [3.63, 3.8) is 0 Å². The normalized spacial score (nSPS) is 12.3. The van der Waals surface area contributed by atoms with Crippen molar-refractivity contribution in [2.45, 2.75) is 79.6 Å². The van der Waals surface area contributed by atoms with Crippen LogP contribution in [0.15, 0.2) is 16.7 Å². The first kappa shape index (κ1) is 18.2. The van der Waals surface area contributed by atoms with Crippen molar-refractivity contribution >= 4 is 0 Å². The van der Waals surface area contributed by atoms with Gasteiger partial charge >= 0.3 is 0 Å². The molecule has 0 spiro atoms. The first-order chi connectivity index (χ1) is 9.97. The summed E-state index contributed by atoms with van der Waals surface area (Å²) in [5.41, 5.74) is 1.29. The van der Waals surface area contributed by atoms with Crippen LogP contribution in [0.3, 0.4) is 0 Å². The van der Waals surface area contributed by atoms with Crippen molar-refractivity contribution in [1.29, 1.82) is 0 Å². The zero-order valence-corrected chi connectivity index (χ0v) is 14.8. The molecule has 0 aromatic carbocycles. The van der Waals surface area contributed by atoms with Gasteiger partial charge in [0.2, 0.25) is 0 Å². The molecule has 0 saturated heterocycles. The molecule has 0 bridgehead atoms. The molecule has 0 unspecified atom stereocenters. The van der Waals surface area contributed by atoms with Crippen molar-refractivity contribution in [3.05, 3.63) is 23.7 Å². The quantitative estimate of drug-likeness (QED) is 0.692. The number of rotatable bonds is 10. The highest BCUT2D eigenvalue weighted by Gasteiger charge is 2.19. The first-order valence-electron chi connectivity index (χ1n) is 8.50. The molecule has 1 rings (SSSR count). The van der Waals surface area contributed by atoms with E-state index in [4.69, 9.17) is 4.42 Å². The Morgan fingerprint density at radius 3 is 2.33 bits per heavy atom. The van der Waals surface area contributed by atoms with Gasteiger partial charge in [0, 0.05) is 30.7 Å². The molecule has 0 fully saturated rings. The summed E-state index contributed by atoms with van der Waals surface area (Å²) in [6.45, 7) is 16.4. The molecule has 0 aliphatic rings. The number of nitrogens with one attached hydrogen (secondary N) is 1. The maximum absolute atomic E-state index is 5.77. The van der Waals surface area contributed by atoms with E-state index in [9.17, 15) is 0 Å². The largest absolute Gasteiger partial charge is 0.468 e. The Morgan fingerprint density at radius 1 is 1.14 bits per heavy atom. The van der Waals surface area contributed by atoms with Gasteiger partial charge in [0.1, 0.15) is 5.76 Å². The summed E-state index contributed by atoms with van der Waals surface area (Å²) in [5.74, 6) is 1.80. The van der Waals surface area contributed by atoms with Crippen LogP contribution in [-0.2, 0) is 13.1 Å². The van der Waals surface area contributed by atoms with Gasteiger partial charge < -0.3 is 9.73 Å². The molecule has 3 heteroatoms. The smallest absolute Gasteiger partial charge is 0.122 e. The molecule has 1 N–H and O–H groups in total. The summed E-state index contributed by atoms with van der Waals surface area (Å²) in [4.78, 5) is 2.59. The van der Waals surface area contributed by atoms with Crippen LogP contribution in [-0.4, -0.2) is 23.5 Å². The predicted octanol–water partition coefficient (Wildman–Crippen LogP) is 4.42. The lowest BCUT2D eigenvalue weighted by Crippen LogP contribution is -2.37. The fraction of sp³-hybridized carbons (Fsp3) is 0.778. The number of hydrogen-bond donors (Lipinski definition) is 1. The highest BCUT2D eigenvalue weighted by Crippen LogP contribution is 2.19. The SMILES string of the molecule is CCC(CC)N(Cc1occc1CNC(C)C)CC(C)C. The maximum atomic E-state index is 5.77. The third kappa shape index (κ3) is 6.23. The van der Waals surface area contributed by atoms with Gasteiger partial charge in [-0.05, 0) is 24.8 Å². The predicted molar refractivity (Wildman–Crippen MR) is 90.3 cm³/mol. The van der Waals surface area contributed by atoms with Crippen LogP contribution in [0.2, 0.25) is 0 Å². The number of hydrogen-bond acceptors (Lipinski definition) is 3. The van der Waals surface area contributed by atoms with Crippen LogP contribution in [0, 0.1) is 5.92 Å². The van der Waals surface area contributed by atoms with Gasteiger partial charge in [-0.3, -0.25) is 4.90 Å². The Balaban J connectivity index is 2.76. The van der Waals surface area contributed by atoms with Crippen molar-refractivity contribution in [1.82, 2.24) is 10.2 Å². The molecule has 0 radical (unpaired) electrons. The third-order valence-electron chi connectivity index (χ3n) is 3.94. The lowest BCUT2D eigenvalue weighted by atomic mass is 10.1. The van der Waals surface area contributed by atoms with E-state index >= 15 is 0 Å². The molecule has 0 aliphatic carbocycles. The molecule has 0 amide bonds.